The molecule has 0 heterocycles. The molecule has 6 nitrogen and oxygen atoms in total. The Bertz CT molecular complexity index is 1070. The molecule has 0 aromatic heterocycles. The van der Waals surface area contributed by atoms with Crippen molar-refractivity contribution in [2.45, 2.75) is 51.3 Å². The Balaban J connectivity index is 1.48. The minimum Gasteiger partial charge on any atom is -0.393 e. The van der Waals surface area contributed by atoms with Gasteiger partial charge >= 0.3 is 0 Å². The highest BCUT2D eigenvalue weighted by Gasteiger charge is 2.22. The van der Waals surface area contributed by atoms with Gasteiger partial charge in [-0.2, -0.15) is 0 Å². The summed E-state index contributed by atoms with van der Waals surface area (Å²) in [6, 6.07) is 29.3. The van der Waals surface area contributed by atoms with Crippen LogP contribution < -0.4 is 0 Å². The summed E-state index contributed by atoms with van der Waals surface area (Å²) in [5.74, 6) is -0.439. The Kier molecular flexibility index (Phi) is 13.5. The number of carbonyl (C=O) groups excluding carboxylic acids is 1. The molecule has 0 radical (unpaired) electrons. The largest absolute Gasteiger partial charge is 0.393 e. The van der Waals surface area contributed by atoms with Gasteiger partial charge in [-0.1, -0.05) is 97.1 Å². The molecule has 0 spiro atoms. The van der Waals surface area contributed by atoms with Crippen molar-refractivity contribution in [3.63, 3.8) is 0 Å². The van der Waals surface area contributed by atoms with Gasteiger partial charge in [-0.3, -0.25) is 4.79 Å². The number of hydrogen-bond acceptors (Lipinski definition) is 6. The molecule has 202 valence electrons. The van der Waals surface area contributed by atoms with E-state index >= 15 is 0 Å². The van der Waals surface area contributed by atoms with Crippen molar-refractivity contribution < 1.29 is 29.2 Å². The number of ketones is 1. The predicted octanol–water partition coefficient (Wildman–Crippen LogP) is 5.02. The summed E-state index contributed by atoms with van der Waals surface area (Å²) in [7, 11) is 0. The van der Waals surface area contributed by atoms with Crippen LogP contribution in [0.25, 0.3) is 0 Å². The fourth-order valence-electron chi connectivity index (χ4n) is 3.86. The van der Waals surface area contributed by atoms with E-state index in [-0.39, 0.29) is 13.0 Å². The molecule has 0 bridgehead atoms. The number of aliphatic hydroxyl groups is 2. The van der Waals surface area contributed by atoms with E-state index in [4.69, 9.17) is 14.2 Å². The number of hydrogen-bond donors (Lipinski definition) is 2. The minimum absolute atomic E-state index is 0.119. The molecule has 6 heteroatoms. The molecule has 0 aliphatic heterocycles. The molecule has 3 rings (SSSR count). The van der Waals surface area contributed by atoms with Crippen LogP contribution in [0.15, 0.2) is 103 Å². The summed E-state index contributed by atoms with van der Waals surface area (Å²) in [4.78, 5) is 13.0. The molecule has 0 aliphatic rings. The summed E-state index contributed by atoms with van der Waals surface area (Å²) in [5.41, 5.74) is 3.47. The lowest BCUT2D eigenvalue weighted by atomic mass is 9.98. The second-order valence-corrected chi connectivity index (χ2v) is 9.12. The van der Waals surface area contributed by atoms with Crippen LogP contribution in [0, 0.1) is 0 Å². The highest BCUT2D eigenvalue weighted by molar-refractivity contribution is 5.98. The van der Waals surface area contributed by atoms with E-state index in [1.54, 1.807) is 6.08 Å². The van der Waals surface area contributed by atoms with Crippen molar-refractivity contribution in [3.8, 4) is 0 Å². The second-order valence-electron chi connectivity index (χ2n) is 9.12. The molecule has 0 saturated carbocycles. The van der Waals surface area contributed by atoms with Crippen LogP contribution in [0.3, 0.4) is 0 Å². The highest BCUT2D eigenvalue weighted by atomic mass is 16.5. The van der Waals surface area contributed by atoms with Gasteiger partial charge in [-0.05, 0) is 35.1 Å². The van der Waals surface area contributed by atoms with Crippen LogP contribution in [-0.4, -0.2) is 48.0 Å². The Morgan fingerprint density at radius 2 is 1.16 bits per heavy atom. The molecule has 38 heavy (non-hydrogen) atoms. The number of benzene rings is 3. The maximum Gasteiger partial charge on any atom is 0.189 e. The number of rotatable bonds is 18. The first kappa shape index (κ1) is 29.4. The Morgan fingerprint density at radius 1 is 0.684 bits per heavy atom. The average molecular weight is 519 g/mol. The maximum absolute atomic E-state index is 13.0. The van der Waals surface area contributed by atoms with Gasteiger partial charge in [0, 0.05) is 13.0 Å². The number of aliphatic hydroxyl groups excluding tert-OH is 2. The van der Waals surface area contributed by atoms with Crippen LogP contribution in [0.1, 0.15) is 36.0 Å². The third kappa shape index (κ3) is 11.5. The molecular weight excluding hydrogens is 480 g/mol. The Hall–Kier alpha value is -3.13. The number of Topliss-reactive ketones (excluding diaryl/α,β-unsaturated/α-hetero) is 1. The topological polar surface area (TPSA) is 85.2 Å². The van der Waals surface area contributed by atoms with E-state index in [9.17, 15) is 15.0 Å². The van der Waals surface area contributed by atoms with Crippen molar-refractivity contribution in [1.82, 2.24) is 0 Å². The van der Waals surface area contributed by atoms with Gasteiger partial charge in [-0.25, -0.2) is 0 Å². The SMILES string of the molecule is O=C(/C(=C\CCOCc1ccccc1)C[C@H](O)CCOCc1ccccc1)[C@@H](O)COCc1ccccc1. The van der Waals surface area contributed by atoms with Gasteiger partial charge in [0.15, 0.2) is 5.78 Å². The molecule has 0 saturated heterocycles. The zero-order valence-electron chi connectivity index (χ0n) is 21.8. The highest BCUT2D eigenvalue weighted by Crippen LogP contribution is 2.15. The van der Waals surface area contributed by atoms with E-state index in [0.717, 1.165) is 16.7 Å². The van der Waals surface area contributed by atoms with E-state index in [2.05, 4.69) is 0 Å². The third-order valence-corrected chi connectivity index (χ3v) is 5.93. The van der Waals surface area contributed by atoms with Crippen molar-refractivity contribution in [2.24, 2.45) is 0 Å². The quantitative estimate of drug-likeness (QED) is 0.182. The zero-order chi connectivity index (χ0) is 26.8. The van der Waals surface area contributed by atoms with Crippen molar-refractivity contribution in [3.05, 3.63) is 119 Å². The van der Waals surface area contributed by atoms with Gasteiger partial charge in [0.05, 0.1) is 39.1 Å². The van der Waals surface area contributed by atoms with Gasteiger partial charge < -0.3 is 24.4 Å². The first-order chi connectivity index (χ1) is 18.6. The molecule has 0 fully saturated rings. The monoisotopic (exact) mass is 518 g/mol. The van der Waals surface area contributed by atoms with Gasteiger partial charge in [0.25, 0.3) is 0 Å². The predicted molar refractivity (Wildman–Crippen MR) is 147 cm³/mol. The Labute approximate surface area is 225 Å². The first-order valence-corrected chi connectivity index (χ1v) is 13.1. The summed E-state index contributed by atoms with van der Waals surface area (Å²) >= 11 is 0. The summed E-state index contributed by atoms with van der Waals surface area (Å²) in [6.45, 7) is 1.91. The minimum atomic E-state index is -1.31. The van der Waals surface area contributed by atoms with Gasteiger partial charge in [-0.15, -0.1) is 0 Å². The average Bonchev–Trinajstić information content (AvgIpc) is 2.96. The fourth-order valence-corrected chi connectivity index (χ4v) is 3.86. The Morgan fingerprint density at radius 3 is 1.68 bits per heavy atom. The molecule has 2 N–H and O–H groups in total. The van der Waals surface area contributed by atoms with Crippen LogP contribution in [0.5, 0.6) is 0 Å². The van der Waals surface area contributed by atoms with Crippen molar-refractivity contribution in [2.75, 3.05) is 19.8 Å². The summed E-state index contributed by atoms with van der Waals surface area (Å²) < 4.78 is 17.0. The second kappa shape index (κ2) is 17.4. The van der Waals surface area contributed by atoms with Crippen LogP contribution in [-0.2, 0) is 38.8 Å². The zero-order valence-corrected chi connectivity index (χ0v) is 21.8. The van der Waals surface area contributed by atoms with Gasteiger partial charge in [0.2, 0.25) is 0 Å². The molecule has 3 aromatic rings. The number of ether oxygens (including phenoxy) is 3. The van der Waals surface area contributed by atoms with E-state index < -0.39 is 18.0 Å². The van der Waals surface area contributed by atoms with Crippen LogP contribution >= 0.6 is 0 Å². The third-order valence-electron chi connectivity index (χ3n) is 5.93. The smallest absolute Gasteiger partial charge is 0.189 e. The lowest BCUT2D eigenvalue weighted by Crippen LogP contribution is -2.29. The first-order valence-electron chi connectivity index (χ1n) is 13.1. The number of carbonyl (C=O) groups is 1. The molecule has 0 aliphatic carbocycles. The summed E-state index contributed by atoms with van der Waals surface area (Å²) in [5, 5.41) is 21.1. The van der Waals surface area contributed by atoms with Crippen molar-refractivity contribution >= 4 is 5.78 Å². The molecule has 0 unspecified atom stereocenters. The van der Waals surface area contributed by atoms with Crippen LogP contribution in [0.4, 0.5) is 0 Å². The van der Waals surface area contributed by atoms with E-state index in [0.29, 0.717) is 51.4 Å². The standard InChI is InChI=1S/C32H38O6/c33-30(18-20-37-23-27-13-6-2-7-14-27)21-29(17-10-19-36-22-26-11-4-1-5-12-26)32(35)31(34)25-38-24-28-15-8-3-9-16-28/h1-9,11-17,30-31,33-34H,10,18-25H2/b29-17-/t30-,31+/m1/s1. The van der Waals surface area contributed by atoms with E-state index in [1.165, 1.54) is 0 Å². The lowest BCUT2D eigenvalue weighted by Gasteiger charge is -2.17. The molecular formula is C32H38O6. The van der Waals surface area contributed by atoms with Crippen molar-refractivity contribution in [1.29, 1.82) is 0 Å². The molecule has 0 amide bonds. The molecule has 3 aromatic carbocycles. The normalized spacial score (nSPS) is 13.3. The lowest BCUT2D eigenvalue weighted by molar-refractivity contribution is -0.127. The fraction of sp³-hybridized carbons (Fsp3) is 0.344. The van der Waals surface area contributed by atoms with Gasteiger partial charge in [0.1, 0.15) is 6.10 Å². The maximum atomic E-state index is 13.0. The summed E-state index contributed by atoms with van der Waals surface area (Å²) in [6.07, 6.45) is 0.662. The van der Waals surface area contributed by atoms with Crippen LogP contribution in [0.2, 0.25) is 0 Å². The van der Waals surface area contributed by atoms with E-state index in [1.807, 2.05) is 91.0 Å². The molecule has 2 atom stereocenters.